The fourth-order valence-electron chi connectivity index (χ4n) is 2.59. The zero-order valence-electron chi connectivity index (χ0n) is 16.4. The summed E-state index contributed by atoms with van der Waals surface area (Å²) in [5.74, 6) is 1.82. The molecule has 0 saturated heterocycles. The molecule has 9 heteroatoms. The molecule has 2 aromatic heterocycles. The second-order valence-corrected chi connectivity index (χ2v) is 8.24. The lowest BCUT2D eigenvalue weighted by atomic mass is 10.2. The first-order valence-electron chi connectivity index (χ1n) is 9.32. The normalized spacial score (nSPS) is 11.2. The van der Waals surface area contributed by atoms with E-state index in [-0.39, 0.29) is 11.4 Å². The van der Waals surface area contributed by atoms with Crippen LogP contribution in [0.3, 0.4) is 0 Å². The van der Waals surface area contributed by atoms with Gasteiger partial charge in [-0.15, -0.1) is 10.2 Å². The second kappa shape index (κ2) is 9.44. The number of benzene rings is 1. The van der Waals surface area contributed by atoms with Crippen molar-refractivity contribution in [1.29, 1.82) is 0 Å². The fraction of sp³-hybridized carbons (Fsp3) is 0.250. The summed E-state index contributed by atoms with van der Waals surface area (Å²) in [4.78, 5) is 4.47. The lowest BCUT2D eigenvalue weighted by Gasteiger charge is -2.09. The lowest BCUT2D eigenvalue weighted by molar-refractivity contribution is 0.583. The van der Waals surface area contributed by atoms with Crippen LogP contribution < -0.4 is 15.4 Å². The monoisotopic (exact) mass is 412 g/mol. The average molecular weight is 413 g/mol. The number of nitrogens with zero attached hydrogens (tertiary/aromatic N) is 3. The summed E-state index contributed by atoms with van der Waals surface area (Å²) in [6.07, 6.45) is 2.59. The molecular formula is C20H24N6O2S. The van der Waals surface area contributed by atoms with Crippen molar-refractivity contribution in [2.24, 2.45) is 0 Å². The van der Waals surface area contributed by atoms with Crippen molar-refractivity contribution in [3.63, 3.8) is 0 Å². The largest absolute Gasteiger partial charge is 0.367 e. The molecule has 0 radical (unpaired) electrons. The highest BCUT2D eigenvalue weighted by Crippen LogP contribution is 2.13. The van der Waals surface area contributed by atoms with Gasteiger partial charge in [-0.2, -0.15) is 0 Å². The van der Waals surface area contributed by atoms with Gasteiger partial charge in [-0.3, -0.25) is 0 Å². The summed E-state index contributed by atoms with van der Waals surface area (Å²) in [5.41, 5.74) is 2.19. The molecule has 3 rings (SSSR count). The number of aryl methyl sites for hydroxylation is 2. The third-order valence-corrected chi connectivity index (χ3v) is 5.68. The van der Waals surface area contributed by atoms with Crippen molar-refractivity contribution < 1.29 is 8.42 Å². The van der Waals surface area contributed by atoms with Crippen LogP contribution in [0.1, 0.15) is 18.1 Å². The van der Waals surface area contributed by atoms with Crippen LogP contribution >= 0.6 is 0 Å². The number of nitrogens with one attached hydrogen (secondary N) is 3. The quantitative estimate of drug-likeness (QED) is 0.464. The molecule has 0 spiro atoms. The number of hydrogen-bond acceptors (Lipinski definition) is 7. The van der Waals surface area contributed by atoms with Gasteiger partial charge in [0.1, 0.15) is 11.6 Å². The molecule has 0 aliphatic rings. The van der Waals surface area contributed by atoms with Crippen molar-refractivity contribution in [1.82, 2.24) is 19.9 Å². The van der Waals surface area contributed by atoms with Gasteiger partial charge in [0.2, 0.25) is 10.0 Å². The zero-order chi connectivity index (χ0) is 20.7. The Balaban J connectivity index is 1.47. The maximum absolute atomic E-state index is 12.3. The van der Waals surface area contributed by atoms with E-state index in [9.17, 15) is 8.42 Å². The Morgan fingerprint density at radius 2 is 1.62 bits per heavy atom. The number of anilines is 3. The van der Waals surface area contributed by atoms with Crippen LogP contribution in [-0.2, 0) is 16.4 Å². The third-order valence-electron chi connectivity index (χ3n) is 4.20. The van der Waals surface area contributed by atoms with E-state index in [0.29, 0.717) is 24.0 Å². The predicted molar refractivity (Wildman–Crippen MR) is 114 cm³/mol. The molecule has 152 valence electrons. The van der Waals surface area contributed by atoms with Crippen LogP contribution in [0.4, 0.5) is 17.5 Å². The number of rotatable bonds is 9. The molecule has 1 aromatic carbocycles. The van der Waals surface area contributed by atoms with E-state index in [2.05, 4.69) is 30.5 Å². The Hall–Kier alpha value is -3.04. The van der Waals surface area contributed by atoms with E-state index in [4.69, 9.17) is 0 Å². The number of pyridine rings is 1. The molecule has 3 N–H and O–H groups in total. The van der Waals surface area contributed by atoms with E-state index >= 15 is 0 Å². The highest BCUT2D eigenvalue weighted by Gasteiger charge is 2.12. The van der Waals surface area contributed by atoms with Crippen molar-refractivity contribution >= 4 is 27.5 Å². The summed E-state index contributed by atoms with van der Waals surface area (Å²) in [5, 5.41) is 14.3. The highest BCUT2D eigenvalue weighted by atomic mass is 32.2. The number of hydrogen-bond donors (Lipinski definition) is 3. The van der Waals surface area contributed by atoms with Crippen LogP contribution in [-0.4, -0.2) is 36.7 Å². The van der Waals surface area contributed by atoms with E-state index in [0.717, 1.165) is 17.5 Å². The van der Waals surface area contributed by atoms with Gasteiger partial charge < -0.3 is 10.6 Å². The first kappa shape index (κ1) is 20.7. The Morgan fingerprint density at radius 3 is 2.28 bits per heavy atom. The Bertz CT molecular complexity index is 1040. The van der Waals surface area contributed by atoms with Gasteiger partial charge in [0.15, 0.2) is 5.82 Å². The van der Waals surface area contributed by atoms with E-state index in [1.54, 1.807) is 30.5 Å². The van der Waals surface area contributed by atoms with Crippen LogP contribution in [0.15, 0.2) is 59.6 Å². The van der Waals surface area contributed by atoms with Gasteiger partial charge in [-0.1, -0.05) is 19.1 Å². The molecule has 29 heavy (non-hydrogen) atoms. The minimum absolute atomic E-state index is 0.229. The van der Waals surface area contributed by atoms with Crippen molar-refractivity contribution in [3.8, 4) is 0 Å². The second-order valence-electron chi connectivity index (χ2n) is 6.47. The molecule has 0 fully saturated rings. The lowest BCUT2D eigenvalue weighted by Crippen LogP contribution is -2.29. The van der Waals surface area contributed by atoms with Gasteiger partial charge in [0.25, 0.3) is 0 Å². The van der Waals surface area contributed by atoms with Crippen LogP contribution in [0.25, 0.3) is 0 Å². The predicted octanol–water partition coefficient (Wildman–Crippen LogP) is 2.88. The Kier molecular flexibility index (Phi) is 6.73. The number of sulfonamides is 1. The van der Waals surface area contributed by atoms with E-state index in [1.165, 1.54) is 0 Å². The first-order valence-corrected chi connectivity index (χ1v) is 10.8. The summed E-state index contributed by atoms with van der Waals surface area (Å²) in [6.45, 7) is 4.62. The van der Waals surface area contributed by atoms with Crippen molar-refractivity contribution in [2.75, 3.05) is 23.7 Å². The molecule has 3 aromatic rings. The molecule has 0 unspecified atom stereocenters. The Labute approximate surface area is 170 Å². The molecule has 8 nitrogen and oxygen atoms in total. The molecule has 2 heterocycles. The van der Waals surface area contributed by atoms with Crippen LogP contribution in [0.5, 0.6) is 0 Å². The molecule has 0 amide bonds. The summed E-state index contributed by atoms with van der Waals surface area (Å²) in [7, 11) is -3.53. The Morgan fingerprint density at radius 1 is 0.897 bits per heavy atom. The topological polar surface area (TPSA) is 109 Å². The van der Waals surface area contributed by atoms with Gasteiger partial charge in [-0.05, 0) is 60.9 Å². The minimum atomic E-state index is -3.53. The summed E-state index contributed by atoms with van der Waals surface area (Å²) >= 11 is 0. The standard InChI is InChI=1S/C20H24N6O2S/c1-3-16-4-6-17(7-5-16)29(27,28)23-13-12-22-18-8-9-19(26-25-18)24-20-14-15(2)10-11-21-20/h4-11,14,23H,3,12-13H2,1-2H3,(H,22,25)(H,21,24,26). The summed E-state index contributed by atoms with van der Waals surface area (Å²) in [6, 6.07) is 14.3. The third kappa shape index (κ3) is 5.97. The van der Waals surface area contributed by atoms with Gasteiger partial charge >= 0.3 is 0 Å². The SMILES string of the molecule is CCc1ccc(S(=O)(=O)NCCNc2ccc(Nc3cc(C)ccn3)nn2)cc1. The van der Waals surface area contributed by atoms with E-state index in [1.807, 2.05) is 38.1 Å². The van der Waals surface area contributed by atoms with Crippen molar-refractivity contribution in [3.05, 3.63) is 65.9 Å². The highest BCUT2D eigenvalue weighted by molar-refractivity contribution is 7.89. The molecule has 0 saturated carbocycles. The van der Waals surface area contributed by atoms with E-state index < -0.39 is 10.0 Å². The van der Waals surface area contributed by atoms with Gasteiger partial charge in [-0.25, -0.2) is 18.1 Å². The van der Waals surface area contributed by atoms with Crippen molar-refractivity contribution in [2.45, 2.75) is 25.2 Å². The molecule has 0 aliphatic heterocycles. The van der Waals surface area contributed by atoms with Gasteiger partial charge in [0.05, 0.1) is 4.90 Å². The smallest absolute Gasteiger partial charge is 0.240 e. The summed E-state index contributed by atoms with van der Waals surface area (Å²) < 4.78 is 27.2. The molecule has 0 aliphatic carbocycles. The van der Waals surface area contributed by atoms with Gasteiger partial charge in [0, 0.05) is 19.3 Å². The average Bonchev–Trinajstić information content (AvgIpc) is 2.72. The molecular weight excluding hydrogens is 388 g/mol. The maximum atomic E-state index is 12.3. The van der Waals surface area contributed by atoms with Crippen LogP contribution in [0, 0.1) is 6.92 Å². The fourth-order valence-corrected chi connectivity index (χ4v) is 3.62. The molecule has 0 bridgehead atoms. The number of aromatic nitrogens is 3. The molecule has 0 atom stereocenters. The first-order chi connectivity index (χ1) is 14.0. The minimum Gasteiger partial charge on any atom is -0.367 e. The van der Waals surface area contributed by atoms with Crippen LogP contribution in [0.2, 0.25) is 0 Å². The maximum Gasteiger partial charge on any atom is 0.240 e. The zero-order valence-corrected chi connectivity index (χ0v) is 17.2.